The van der Waals surface area contributed by atoms with Crippen LogP contribution in [0.4, 0.5) is 0 Å². The van der Waals surface area contributed by atoms with Crippen molar-refractivity contribution in [1.82, 2.24) is 0 Å². The lowest BCUT2D eigenvalue weighted by atomic mass is 10.1. The Kier molecular flexibility index (Phi) is 3.80. The molecule has 0 aromatic heterocycles. The summed E-state index contributed by atoms with van der Waals surface area (Å²) < 4.78 is 9.41. The average Bonchev–Trinajstić information content (AvgIpc) is 2.21. The number of hydrogen-bond acceptors (Lipinski definition) is 4. The number of methoxy groups -OCH3 is 2. The van der Waals surface area contributed by atoms with Gasteiger partial charge in [-0.1, -0.05) is 11.6 Å². The second-order valence-electron chi connectivity index (χ2n) is 2.87. The largest absolute Gasteiger partial charge is 0.504 e. The second-order valence-corrected chi connectivity index (χ2v) is 3.28. The van der Waals surface area contributed by atoms with Crippen molar-refractivity contribution in [1.29, 1.82) is 0 Å². The quantitative estimate of drug-likeness (QED) is 0.804. The fraction of sp³-hybridized carbons (Fsp3) is 0.300. The maximum Gasteiger partial charge on any atom is 0.310 e. The van der Waals surface area contributed by atoms with Gasteiger partial charge in [0.1, 0.15) is 0 Å². The molecule has 0 aliphatic heterocycles. The fourth-order valence-corrected chi connectivity index (χ4v) is 1.34. The molecule has 0 aliphatic rings. The van der Waals surface area contributed by atoms with E-state index >= 15 is 0 Å². The maximum atomic E-state index is 11.0. The molecule has 0 unspecified atom stereocenters. The molecule has 0 amide bonds. The van der Waals surface area contributed by atoms with Gasteiger partial charge < -0.3 is 14.6 Å². The van der Waals surface area contributed by atoms with Gasteiger partial charge >= 0.3 is 5.97 Å². The minimum atomic E-state index is -0.398. The number of aromatic hydroxyl groups is 1. The van der Waals surface area contributed by atoms with Crippen molar-refractivity contribution in [2.75, 3.05) is 14.2 Å². The lowest BCUT2D eigenvalue weighted by Gasteiger charge is -2.08. The minimum absolute atomic E-state index is 0.0476. The van der Waals surface area contributed by atoms with Crippen LogP contribution in [-0.2, 0) is 16.0 Å². The highest BCUT2D eigenvalue weighted by molar-refractivity contribution is 6.31. The molecular weight excluding hydrogens is 220 g/mol. The molecule has 1 rings (SSSR count). The first-order valence-corrected chi connectivity index (χ1v) is 4.58. The van der Waals surface area contributed by atoms with Crippen LogP contribution in [0, 0.1) is 0 Å². The zero-order valence-corrected chi connectivity index (χ0v) is 9.17. The SMILES string of the molecule is COC(=O)Cc1cc(OC)c(O)cc1Cl. The Balaban J connectivity index is 3.02. The van der Waals surface area contributed by atoms with E-state index < -0.39 is 5.97 Å². The number of benzene rings is 1. The monoisotopic (exact) mass is 230 g/mol. The molecule has 1 aromatic rings. The zero-order valence-electron chi connectivity index (χ0n) is 8.41. The Morgan fingerprint density at radius 2 is 2.13 bits per heavy atom. The smallest absolute Gasteiger partial charge is 0.310 e. The molecule has 0 atom stereocenters. The zero-order chi connectivity index (χ0) is 11.4. The molecule has 0 radical (unpaired) electrons. The molecule has 1 aromatic carbocycles. The van der Waals surface area contributed by atoms with Crippen LogP contribution < -0.4 is 4.74 Å². The van der Waals surface area contributed by atoms with E-state index in [4.69, 9.17) is 16.3 Å². The molecule has 82 valence electrons. The van der Waals surface area contributed by atoms with Gasteiger partial charge in [0.05, 0.1) is 20.6 Å². The van der Waals surface area contributed by atoms with Crippen LogP contribution in [0.2, 0.25) is 5.02 Å². The summed E-state index contributed by atoms with van der Waals surface area (Å²) in [6.45, 7) is 0. The number of rotatable bonds is 3. The summed E-state index contributed by atoms with van der Waals surface area (Å²) in [5.74, 6) is -0.181. The number of phenols is 1. The Hall–Kier alpha value is -1.42. The third-order valence-electron chi connectivity index (χ3n) is 1.91. The third kappa shape index (κ3) is 2.76. The van der Waals surface area contributed by atoms with Gasteiger partial charge in [-0.3, -0.25) is 4.79 Å². The average molecular weight is 231 g/mol. The van der Waals surface area contributed by atoms with Crippen LogP contribution in [-0.4, -0.2) is 25.3 Å². The highest BCUT2D eigenvalue weighted by atomic mass is 35.5. The van der Waals surface area contributed by atoms with E-state index in [0.717, 1.165) is 0 Å². The summed E-state index contributed by atoms with van der Waals surface area (Å²) in [5, 5.41) is 9.69. The van der Waals surface area contributed by atoms with E-state index in [1.54, 1.807) is 0 Å². The van der Waals surface area contributed by atoms with Crippen molar-refractivity contribution in [3.63, 3.8) is 0 Å². The number of phenolic OH excluding ortho intramolecular Hbond substituents is 1. The van der Waals surface area contributed by atoms with Gasteiger partial charge in [0.2, 0.25) is 0 Å². The molecule has 0 saturated carbocycles. The summed E-state index contributed by atoms with van der Waals surface area (Å²) in [4.78, 5) is 11.0. The maximum absolute atomic E-state index is 11.0. The Labute approximate surface area is 92.4 Å². The van der Waals surface area contributed by atoms with Crippen molar-refractivity contribution in [3.8, 4) is 11.5 Å². The van der Waals surface area contributed by atoms with E-state index in [2.05, 4.69) is 4.74 Å². The lowest BCUT2D eigenvalue weighted by Crippen LogP contribution is -2.05. The molecule has 1 N–H and O–H groups in total. The van der Waals surface area contributed by atoms with Crippen molar-refractivity contribution in [2.45, 2.75) is 6.42 Å². The molecule has 0 spiro atoms. The summed E-state index contributed by atoms with van der Waals surface area (Å²) in [6, 6.07) is 2.84. The number of halogens is 1. The van der Waals surface area contributed by atoms with Gasteiger partial charge in [-0.2, -0.15) is 0 Å². The molecule has 0 fully saturated rings. The number of hydrogen-bond donors (Lipinski definition) is 1. The fourth-order valence-electron chi connectivity index (χ4n) is 1.11. The third-order valence-corrected chi connectivity index (χ3v) is 2.26. The summed E-state index contributed by atoms with van der Waals surface area (Å²) in [6.07, 6.45) is 0.0476. The van der Waals surface area contributed by atoms with E-state index in [0.29, 0.717) is 10.6 Å². The minimum Gasteiger partial charge on any atom is -0.504 e. The van der Waals surface area contributed by atoms with Crippen molar-refractivity contribution >= 4 is 17.6 Å². The molecular formula is C10H11ClO4. The number of carbonyl (C=O) groups excluding carboxylic acids is 1. The molecule has 0 heterocycles. The van der Waals surface area contributed by atoms with Gasteiger partial charge in [-0.15, -0.1) is 0 Å². The Morgan fingerprint density at radius 1 is 1.47 bits per heavy atom. The van der Waals surface area contributed by atoms with E-state index in [-0.39, 0.29) is 17.9 Å². The lowest BCUT2D eigenvalue weighted by molar-refractivity contribution is -0.139. The van der Waals surface area contributed by atoms with Gasteiger partial charge in [0.15, 0.2) is 11.5 Å². The predicted octanol–water partition coefficient (Wildman–Crippen LogP) is 1.77. The van der Waals surface area contributed by atoms with Gasteiger partial charge in [0.25, 0.3) is 0 Å². The Morgan fingerprint density at radius 3 is 2.67 bits per heavy atom. The molecule has 4 nitrogen and oxygen atoms in total. The highest BCUT2D eigenvalue weighted by Gasteiger charge is 2.11. The van der Waals surface area contributed by atoms with Crippen molar-refractivity contribution < 1.29 is 19.4 Å². The first-order chi connectivity index (χ1) is 7.08. The Bertz CT molecular complexity index is 376. The second kappa shape index (κ2) is 4.89. The number of carbonyl (C=O) groups is 1. The normalized spacial score (nSPS) is 9.80. The summed E-state index contributed by atoms with van der Waals surface area (Å²) in [7, 11) is 2.72. The van der Waals surface area contributed by atoms with Crippen LogP contribution >= 0.6 is 11.6 Å². The molecule has 5 heteroatoms. The number of esters is 1. The van der Waals surface area contributed by atoms with E-state index in [1.165, 1.54) is 26.4 Å². The molecule has 0 bridgehead atoms. The predicted molar refractivity (Wildman–Crippen MR) is 55.4 cm³/mol. The van der Waals surface area contributed by atoms with Crippen LogP contribution in [0.15, 0.2) is 12.1 Å². The first-order valence-electron chi connectivity index (χ1n) is 4.20. The van der Waals surface area contributed by atoms with Crippen LogP contribution in [0.25, 0.3) is 0 Å². The van der Waals surface area contributed by atoms with E-state index in [1.807, 2.05) is 0 Å². The van der Waals surface area contributed by atoms with Gasteiger partial charge in [0, 0.05) is 11.1 Å². The molecule has 15 heavy (non-hydrogen) atoms. The van der Waals surface area contributed by atoms with Crippen molar-refractivity contribution in [3.05, 3.63) is 22.7 Å². The topological polar surface area (TPSA) is 55.8 Å². The van der Waals surface area contributed by atoms with E-state index in [9.17, 15) is 9.90 Å². The molecule has 0 saturated heterocycles. The highest BCUT2D eigenvalue weighted by Crippen LogP contribution is 2.32. The van der Waals surface area contributed by atoms with Crippen molar-refractivity contribution in [2.24, 2.45) is 0 Å². The van der Waals surface area contributed by atoms with Gasteiger partial charge in [-0.05, 0) is 11.6 Å². The summed E-state index contributed by atoms with van der Waals surface area (Å²) >= 11 is 5.84. The summed E-state index contributed by atoms with van der Waals surface area (Å²) in [5.41, 5.74) is 0.554. The van der Waals surface area contributed by atoms with Crippen LogP contribution in [0.3, 0.4) is 0 Å². The molecule has 0 aliphatic carbocycles. The first kappa shape index (κ1) is 11.7. The number of ether oxygens (including phenoxy) is 2. The van der Waals surface area contributed by atoms with Crippen LogP contribution in [0.1, 0.15) is 5.56 Å². The van der Waals surface area contributed by atoms with Gasteiger partial charge in [-0.25, -0.2) is 0 Å². The van der Waals surface area contributed by atoms with Crippen LogP contribution in [0.5, 0.6) is 11.5 Å². The standard InChI is InChI=1S/C10H11ClO4/c1-14-9-3-6(4-10(13)15-2)7(11)5-8(9)12/h3,5,12H,4H2,1-2H3.